The van der Waals surface area contributed by atoms with Crippen molar-refractivity contribution in [3.8, 4) is 0 Å². The van der Waals surface area contributed by atoms with Crippen molar-refractivity contribution in [2.24, 2.45) is 0 Å². The van der Waals surface area contributed by atoms with Crippen LogP contribution in [0.5, 0.6) is 0 Å². The first-order valence-electron chi connectivity index (χ1n) is 7.83. The van der Waals surface area contributed by atoms with Crippen molar-refractivity contribution < 1.29 is 23.8 Å². The van der Waals surface area contributed by atoms with Crippen LogP contribution in [0.2, 0.25) is 0 Å². The van der Waals surface area contributed by atoms with Gasteiger partial charge in [-0.3, -0.25) is 23.9 Å². The van der Waals surface area contributed by atoms with E-state index < -0.39 is 46.5 Å². The van der Waals surface area contributed by atoms with Gasteiger partial charge in [0.1, 0.15) is 18.8 Å². The van der Waals surface area contributed by atoms with Crippen LogP contribution in [-0.2, 0) is 23.8 Å². The topological polar surface area (TPSA) is 117 Å². The smallest absolute Gasteiger partial charge is 0.330 e. The Morgan fingerprint density at radius 1 is 1.28 bits per heavy atom. The van der Waals surface area contributed by atoms with Crippen molar-refractivity contribution in [3.63, 3.8) is 0 Å². The lowest BCUT2D eigenvalue weighted by molar-refractivity contribution is -0.157. The minimum atomic E-state index is -0.843. The van der Waals surface area contributed by atoms with Crippen LogP contribution >= 0.6 is 15.9 Å². The van der Waals surface area contributed by atoms with E-state index in [1.54, 1.807) is 13.8 Å². The number of hydrogen-bond acceptors (Lipinski definition) is 7. The Kier molecular flexibility index (Phi) is 6.54. The summed E-state index contributed by atoms with van der Waals surface area (Å²) in [6.45, 7) is 3.19. The number of aromatic nitrogens is 2. The van der Waals surface area contributed by atoms with Crippen LogP contribution in [0.25, 0.3) is 0 Å². The van der Waals surface area contributed by atoms with Crippen LogP contribution in [0.15, 0.2) is 21.9 Å². The minimum Gasteiger partial charge on any atom is -0.463 e. The first-order valence-corrected chi connectivity index (χ1v) is 8.75. The summed E-state index contributed by atoms with van der Waals surface area (Å²) in [6, 6.07) is 1.18. The summed E-state index contributed by atoms with van der Waals surface area (Å²) in [5, 5.41) is 0. The van der Waals surface area contributed by atoms with Crippen molar-refractivity contribution in [1.82, 2.24) is 9.55 Å². The van der Waals surface area contributed by atoms with E-state index in [2.05, 4.69) is 20.9 Å². The Morgan fingerprint density at radius 3 is 2.56 bits per heavy atom. The number of alkyl halides is 1. The molecule has 25 heavy (non-hydrogen) atoms. The monoisotopic (exact) mass is 418 g/mol. The van der Waals surface area contributed by atoms with Gasteiger partial charge in [0.05, 0.1) is 4.83 Å². The molecule has 0 aromatic carbocycles. The standard InChI is InChI=1S/C15H19BrN2O7/c1-3-10(20)23-7-8-13(25-11(21)4-2)12(16)14(24-8)18-6-5-9(19)17-15(18)22/h5-6,8,12-14H,3-4,7H2,1-2H3,(H,17,19,22)/t8-,12-,13+,14+/m0/s1. The zero-order valence-corrected chi connectivity index (χ0v) is 15.4. The number of rotatable bonds is 6. The number of nitrogens with zero attached hydrogens (tertiary/aromatic N) is 1. The van der Waals surface area contributed by atoms with Gasteiger partial charge in [-0.15, -0.1) is 0 Å². The van der Waals surface area contributed by atoms with Gasteiger partial charge < -0.3 is 14.2 Å². The van der Waals surface area contributed by atoms with Crippen LogP contribution in [-0.4, -0.2) is 45.1 Å². The second-order valence-corrected chi connectivity index (χ2v) is 6.43. The maximum atomic E-state index is 12.0. The lowest BCUT2D eigenvalue weighted by Gasteiger charge is -2.20. The first-order chi connectivity index (χ1) is 11.9. The summed E-state index contributed by atoms with van der Waals surface area (Å²) in [4.78, 5) is 47.8. The highest BCUT2D eigenvalue weighted by Gasteiger charge is 2.47. The molecule has 0 aliphatic carbocycles. The normalized spacial score (nSPS) is 25.6. The van der Waals surface area contributed by atoms with E-state index in [0.717, 1.165) is 0 Å². The molecule has 1 aromatic heterocycles. The van der Waals surface area contributed by atoms with Gasteiger partial charge >= 0.3 is 17.6 Å². The van der Waals surface area contributed by atoms with Crippen molar-refractivity contribution in [1.29, 1.82) is 0 Å². The van der Waals surface area contributed by atoms with Gasteiger partial charge in [-0.1, -0.05) is 29.8 Å². The number of ether oxygens (including phenoxy) is 3. The predicted molar refractivity (Wildman–Crippen MR) is 89.4 cm³/mol. The van der Waals surface area contributed by atoms with E-state index in [-0.39, 0.29) is 19.4 Å². The Balaban J connectivity index is 2.25. The third-order valence-corrected chi connectivity index (χ3v) is 4.62. The molecular weight excluding hydrogens is 400 g/mol. The van der Waals surface area contributed by atoms with Crippen molar-refractivity contribution in [2.75, 3.05) is 6.61 Å². The molecule has 1 aromatic rings. The molecular formula is C15H19BrN2O7. The quantitative estimate of drug-likeness (QED) is 0.526. The van der Waals surface area contributed by atoms with Crippen LogP contribution in [0, 0.1) is 0 Å². The molecule has 4 atom stereocenters. The number of esters is 2. The van der Waals surface area contributed by atoms with Gasteiger partial charge in [0.2, 0.25) is 0 Å². The Labute approximate surface area is 151 Å². The fourth-order valence-corrected chi connectivity index (χ4v) is 3.16. The van der Waals surface area contributed by atoms with E-state index in [9.17, 15) is 19.2 Å². The summed E-state index contributed by atoms with van der Waals surface area (Å²) in [6.07, 6.45) is -0.697. The van der Waals surface area contributed by atoms with Crippen LogP contribution < -0.4 is 11.2 Å². The Bertz CT molecular complexity index is 744. The van der Waals surface area contributed by atoms with Gasteiger partial charge in [-0.25, -0.2) is 4.79 Å². The second-order valence-electron chi connectivity index (χ2n) is 5.37. The van der Waals surface area contributed by atoms with E-state index in [4.69, 9.17) is 14.2 Å². The number of aromatic amines is 1. The molecule has 1 saturated heterocycles. The third kappa shape index (κ3) is 4.57. The van der Waals surface area contributed by atoms with Crippen LogP contribution in [0.4, 0.5) is 0 Å². The molecule has 0 saturated carbocycles. The van der Waals surface area contributed by atoms with Gasteiger partial charge in [-0.05, 0) is 0 Å². The highest BCUT2D eigenvalue weighted by atomic mass is 79.9. The van der Waals surface area contributed by atoms with E-state index in [0.29, 0.717) is 0 Å². The highest BCUT2D eigenvalue weighted by molar-refractivity contribution is 9.09. The van der Waals surface area contributed by atoms with Crippen molar-refractivity contribution in [3.05, 3.63) is 33.1 Å². The minimum absolute atomic E-state index is 0.120. The van der Waals surface area contributed by atoms with Gasteiger partial charge in [-0.2, -0.15) is 0 Å². The molecule has 1 aliphatic rings. The number of carbonyl (C=O) groups excluding carboxylic acids is 2. The Morgan fingerprint density at radius 2 is 1.96 bits per heavy atom. The van der Waals surface area contributed by atoms with Crippen molar-refractivity contribution >= 4 is 27.9 Å². The van der Waals surface area contributed by atoms with E-state index >= 15 is 0 Å². The SMILES string of the molecule is CCC(=O)OC[C@@H]1O[C@@H](n2ccc(=O)[nH]c2=O)[C@@H](Br)[C@@H]1OC(=O)CC. The van der Waals surface area contributed by atoms with E-state index in [1.165, 1.54) is 16.8 Å². The number of halogens is 1. The molecule has 2 heterocycles. The van der Waals surface area contributed by atoms with Crippen molar-refractivity contribution in [2.45, 2.75) is 50.0 Å². The molecule has 1 N–H and O–H groups in total. The summed E-state index contributed by atoms with van der Waals surface area (Å²) in [5.74, 6) is -0.862. The zero-order valence-electron chi connectivity index (χ0n) is 13.8. The number of nitrogens with one attached hydrogen (secondary N) is 1. The second kappa shape index (κ2) is 8.43. The maximum absolute atomic E-state index is 12.0. The highest BCUT2D eigenvalue weighted by Crippen LogP contribution is 2.36. The van der Waals surface area contributed by atoms with Gasteiger partial charge in [0, 0.05) is 25.1 Å². The number of H-pyrrole nitrogens is 1. The summed E-state index contributed by atoms with van der Waals surface area (Å²) in [7, 11) is 0. The molecule has 0 amide bonds. The van der Waals surface area contributed by atoms with Gasteiger partial charge in [0.25, 0.3) is 5.56 Å². The first kappa shape index (κ1) is 19.4. The summed E-state index contributed by atoms with van der Waals surface area (Å²) in [5.41, 5.74) is -1.19. The predicted octanol–water partition coefficient (Wildman–Crippen LogP) is 0.472. The molecule has 1 aliphatic heterocycles. The Hall–Kier alpha value is -1.94. The molecule has 1 fully saturated rings. The largest absolute Gasteiger partial charge is 0.463 e. The lowest BCUT2D eigenvalue weighted by atomic mass is 10.2. The molecule has 9 nitrogen and oxygen atoms in total. The number of hydrogen-bond donors (Lipinski definition) is 1. The average molecular weight is 419 g/mol. The zero-order chi connectivity index (χ0) is 18.6. The summed E-state index contributed by atoms with van der Waals surface area (Å²) >= 11 is 3.39. The van der Waals surface area contributed by atoms with Gasteiger partial charge in [0.15, 0.2) is 6.23 Å². The number of carbonyl (C=O) groups is 2. The fourth-order valence-electron chi connectivity index (χ4n) is 2.33. The van der Waals surface area contributed by atoms with Crippen LogP contribution in [0.3, 0.4) is 0 Å². The molecule has 138 valence electrons. The molecule has 0 bridgehead atoms. The average Bonchev–Trinajstić information content (AvgIpc) is 2.88. The third-order valence-electron chi connectivity index (χ3n) is 3.65. The maximum Gasteiger partial charge on any atom is 0.330 e. The molecule has 2 rings (SSSR count). The fraction of sp³-hybridized carbons (Fsp3) is 0.600. The molecule has 10 heteroatoms. The molecule has 0 spiro atoms. The van der Waals surface area contributed by atoms with E-state index in [1.807, 2.05) is 0 Å². The van der Waals surface area contributed by atoms with Crippen LogP contribution in [0.1, 0.15) is 32.9 Å². The lowest BCUT2D eigenvalue weighted by Crippen LogP contribution is -2.37. The summed E-state index contributed by atoms with van der Waals surface area (Å²) < 4.78 is 17.4. The molecule has 0 unspecified atom stereocenters. The molecule has 0 radical (unpaired) electrons.